The first-order valence-electron chi connectivity index (χ1n) is 6.50. The maximum absolute atomic E-state index is 12.5. The van der Waals surface area contributed by atoms with E-state index in [-0.39, 0.29) is 23.3 Å². The van der Waals surface area contributed by atoms with E-state index in [2.05, 4.69) is 4.98 Å². The van der Waals surface area contributed by atoms with Crippen molar-refractivity contribution in [2.75, 3.05) is 34.0 Å². The molecule has 1 amide bonds. The number of pyridine rings is 1. The minimum Gasteiger partial charge on any atom is -0.477 e. The number of methoxy groups -OCH3 is 2. The van der Waals surface area contributed by atoms with E-state index in [0.29, 0.717) is 19.8 Å². The highest BCUT2D eigenvalue weighted by molar-refractivity contribution is 5.94. The van der Waals surface area contributed by atoms with Crippen LogP contribution in [0.15, 0.2) is 18.2 Å². The SMILES string of the molecule is COCCN(C(=O)c1cccc(C(=O)O)n1)C(C)COC. The van der Waals surface area contributed by atoms with Crippen molar-refractivity contribution in [1.82, 2.24) is 9.88 Å². The largest absolute Gasteiger partial charge is 0.477 e. The van der Waals surface area contributed by atoms with Crippen LogP contribution in [0.1, 0.15) is 27.9 Å². The zero-order chi connectivity index (χ0) is 15.8. The van der Waals surface area contributed by atoms with E-state index in [0.717, 1.165) is 0 Å². The van der Waals surface area contributed by atoms with E-state index in [4.69, 9.17) is 14.6 Å². The van der Waals surface area contributed by atoms with E-state index in [1.165, 1.54) is 18.2 Å². The van der Waals surface area contributed by atoms with E-state index in [1.807, 2.05) is 6.92 Å². The van der Waals surface area contributed by atoms with E-state index >= 15 is 0 Å². The van der Waals surface area contributed by atoms with Crippen LogP contribution < -0.4 is 0 Å². The number of aromatic carboxylic acids is 1. The highest BCUT2D eigenvalue weighted by Gasteiger charge is 2.23. The zero-order valence-electron chi connectivity index (χ0n) is 12.4. The van der Waals surface area contributed by atoms with E-state index < -0.39 is 5.97 Å². The van der Waals surface area contributed by atoms with Crippen LogP contribution in [-0.4, -0.2) is 66.9 Å². The second-order valence-corrected chi connectivity index (χ2v) is 4.51. The lowest BCUT2D eigenvalue weighted by molar-refractivity contribution is 0.0474. The Balaban J connectivity index is 2.98. The Morgan fingerprint density at radius 3 is 2.52 bits per heavy atom. The van der Waals surface area contributed by atoms with Crippen LogP contribution in [0.3, 0.4) is 0 Å². The molecule has 0 saturated carbocycles. The van der Waals surface area contributed by atoms with Gasteiger partial charge in [-0.05, 0) is 19.1 Å². The summed E-state index contributed by atoms with van der Waals surface area (Å²) in [4.78, 5) is 28.9. The Hall–Kier alpha value is -1.99. The Kier molecular flexibility index (Phi) is 6.77. The van der Waals surface area contributed by atoms with Gasteiger partial charge in [0, 0.05) is 20.8 Å². The van der Waals surface area contributed by atoms with Crippen LogP contribution in [0, 0.1) is 0 Å². The molecule has 0 radical (unpaired) electrons. The predicted octanol–water partition coefficient (Wildman–Crippen LogP) is 0.903. The van der Waals surface area contributed by atoms with Crippen molar-refractivity contribution in [2.45, 2.75) is 13.0 Å². The summed E-state index contributed by atoms with van der Waals surface area (Å²) < 4.78 is 10.1. The number of rotatable bonds is 8. The predicted molar refractivity (Wildman–Crippen MR) is 75.4 cm³/mol. The number of carboxylic acid groups (broad SMARTS) is 1. The molecule has 0 aliphatic heterocycles. The lowest BCUT2D eigenvalue weighted by Crippen LogP contribution is -2.43. The van der Waals surface area contributed by atoms with Crippen LogP contribution in [0.5, 0.6) is 0 Å². The van der Waals surface area contributed by atoms with Crippen molar-refractivity contribution in [3.05, 3.63) is 29.6 Å². The van der Waals surface area contributed by atoms with Gasteiger partial charge in [-0.15, -0.1) is 0 Å². The van der Waals surface area contributed by atoms with Crippen molar-refractivity contribution < 1.29 is 24.2 Å². The van der Waals surface area contributed by atoms with Gasteiger partial charge in [-0.3, -0.25) is 4.79 Å². The summed E-state index contributed by atoms with van der Waals surface area (Å²) in [5.74, 6) is -1.52. The summed E-state index contributed by atoms with van der Waals surface area (Å²) in [6, 6.07) is 4.16. The summed E-state index contributed by atoms with van der Waals surface area (Å²) in [5, 5.41) is 8.94. The maximum atomic E-state index is 12.5. The zero-order valence-corrected chi connectivity index (χ0v) is 12.4. The van der Waals surface area contributed by atoms with Gasteiger partial charge in [-0.25, -0.2) is 9.78 Å². The molecule has 0 aliphatic rings. The molecular weight excluding hydrogens is 276 g/mol. The molecule has 0 saturated heterocycles. The summed E-state index contributed by atoms with van der Waals surface area (Å²) in [6.07, 6.45) is 0. The number of nitrogens with zero attached hydrogens (tertiary/aromatic N) is 2. The number of carbonyl (C=O) groups is 2. The van der Waals surface area contributed by atoms with Crippen LogP contribution in [0.25, 0.3) is 0 Å². The third kappa shape index (κ3) is 4.80. The summed E-state index contributed by atoms with van der Waals surface area (Å²) in [7, 11) is 3.10. The lowest BCUT2D eigenvalue weighted by atomic mass is 10.2. The first-order chi connectivity index (χ1) is 10.0. The van der Waals surface area contributed by atoms with Crippen molar-refractivity contribution in [3.63, 3.8) is 0 Å². The minimum absolute atomic E-state index is 0.0916. The van der Waals surface area contributed by atoms with Crippen LogP contribution in [0.4, 0.5) is 0 Å². The lowest BCUT2D eigenvalue weighted by Gasteiger charge is -2.28. The normalized spacial score (nSPS) is 12.0. The third-order valence-corrected chi connectivity index (χ3v) is 2.92. The fraction of sp³-hybridized carbons (Fsp3) is 0.500. The first-order valence-corrected chi connectivity index (χ1v) is 6.50. The van der Waals surface area contributed by atoms with Gasteiger partial charge in [0.15, 0.2) is 0 Å². The molecule has 0 spiro atoms. The van der Waals surface area contributed by atoms with Gasteiger partial charge in [0.25, 0.3) is 5.91 Å². The average molecular weight is 296 g/mol. The van der Waals surface area contributed by atoms with Gasteiger partial charge in [0.05, 0.1) is 19.3 Å². The minimum atomic E-state index is -1.17. The molecule has 1 atom stereocenters. The average Bonchev–Trinajstić information content (AvgIpc) is 2.47. The maximum Gasteiger partial charge on any atom is 0.354 e. The van der Waals surface area contributed by atoms with Crippen LogP contribution in [0.2, 0.25) is 0 Å². The summed E-state index contributed by atoms with van der Waals surface area (Å²) >= 11 is 0. The highest BCUT2D eigenvalue weighted by Crippen LogP contribution is 2.08. The quantitative estimate of drug-likeness (QED) is 0.767. The molecule has 0 aliphatic carbocycles. The Bertz CT molecular complexity index is 492. The van der Waals surface area contributed by atoms with Gasteiger partial charge < -0.3 is 19.5 Å². The van der Waals surface area contributed by atoms with Crippen LogP contribution in [-0.2, 0) is 9.47 Å². The molecule has 1 rings (SSSR count). The van der Waals surface area contributed by atoms with Gasteiger partial charge in [0.2, 0.25) is 0 Å². The fourth-order valence-electron chi connectivity index (χ4n) is 1.86. The van der Waals surface area contributed by atoms with Gasteiger partial charge in [0.1, 0.15) is 11.4 Å². The Labute approximate surface area is 123 Å². The topological polar surface area (TPSA) is 89.0 Å². The second kappa shape index (κ2) is 8.33. The van der Waals surface area contributed by atoms with E-state index in [1.54, 1.807) is 19.1 Å². The fourth-order valence-corrected chi connectivity index (χ4v) is 1.86. The number of carboxylic acids is 1. The number of hydrogen-bond donors (Lipinski definition) is 1. The molecule has 0 fully saturated rings. The molecule has 7 nitrogen and oxygen atoms in total. The van der Waals surface area contributed by atoms with Crippen LogP contribution >= 0.6 is 0 Å². The molecule has 7 heteroatoms. The van der Waals surface area contributed by atoms with Crippen molar-refractivity contribution >= 4 is 11.9 Å². The molecule has 1 unspecified atom stereocenters. The van der Waals surface area contributed by atoms with Gasteiger partial charge in [-0.2, -0.15) is 0 Å². The summed E-state index contributed by atoms with van der Waals surface area (Å²) in [6.45, 7) is 2.96. The molecule has 1 N–H and O–H groups in total. The van der Waals surface area contributed by atoms with Gasteiger partial charge in [-0.1, -0.05) is 6.07 Å². The second-order valence-electron chi connectivity index (χ2n) is 4.51. The molecule has 21 heavy (non-hydrogen) atoms. The number of ether oxygens (including phenoxy) is 2. The van der Waals surface area contributed by atoms with Crippen molar-refractivity contribution in [2.24, 2.45) is 0 Å². The number of carbonyl (C=O) groups excluding carboxylic acids is 1. The summed E-state index contributed by atoms with van der Waals surface area (Å²) in [5.41, 5.74) is -0.0686. The standard InChI is InChI=1S/C14H20N2O5/c1-10(9-21-3)16(7-8-20-2)13(17)11-5-4-6-12(15-11)14(18)19/h4-6,10H,7-9H2,1-3H3,(H,18,19). The molecular formula is C14H20N2O5. The number of amides is 1. The smallest absolute Gasteiger partial charge is 0.354 e. The number of aromatic nitrogens is 1. The van der Waals surface area contributed by atoms with Gasteiger partial charge >= 0.3 is 5.97 Å². The Morgan fingerprint density at radius 2 is 1.95 bits per heavy atom. The highest BCUT2D eigenvalue weighted by atomic mass is 16.5. The monoisotopic (exact) mass is 296 g/mol. The third-order valence-electron chi connectivity index (χ3n) is 2.92. The molecule has 0 aromatic carbocycles. The first kappa shape index (κ1) is 17.1. The molecule has 0 bridgehead atoms. The van der Waals surface area contributed by atoms with E-state index in [9.17, 15) is 9.59 Å². The molecule has 116 valence electrons. The van der Waals surface area contributed by atoms with Crippen molar-refractivity contribution in [3.8, 4) is 0 Å². The molecule has 1 aromatic heterocycles. The Morgan fingerprint density at radius 1 is 1.29 bits per heavy atom. The number of hydrogen-bond acceptors (Lipinski definition) is 5. The van der Waals surface area contributed by atoms with Crippen molar-refractivity contribution in [1.29, 1.82) is 0 Å². The molecule has 1 heterocycles. The molecule has 1 aromatic rings.